The van der Waals surface area contributed by atoms with E-state index in [1.54, 1.807) is 0 Å². The van der Waals surface area contributed by atoms with Crippen molar-refractivity contribution >= 4 is 5.91 Å². The number of carbonyl (C=O) groups excluding carboxylic acids is 1. The lowest BCUT2D eigenvalue weighted by Gasteiger charge is -2.25. The van der Waals surface area contributed by atoms with Crippen LogP contribution in [0.1, 0.15) is 26.2 Å². The van der Waals surface area contributed by atoms with Gasteiger partial charge in [-0.25, -0.2) is 0 Å². The predicted octanol–water partition coefficient (Wildman–Crippen LogP) is 0.406. The van der Waals surface area contributed by atoms with Crippen molar-refractivity contribution in [1.29, 1.82) is 5.26 Å². The van der Waals surface area contributed by atoms with Crippen LogP contribution in [0.4, 0.5) is 0 Å². The van der Waals surface area contributed by atoms with Gasteiger partial charge in [0.2, 0.25) is 5.91 Å². The van der Waals surface area contributed by atoms with E-state index >= 15 is 0 Å². The van der Waals surface area contributed by atoms with Crippen molar-refractivity contribution in [1.82, 2.24) is 10.6 Å². The van der Waals surface area contributed by atoms with Crippen LogP contribution in [0.15, 0.2) is 0 Å². The smallest absolute Gasteiger partial charge is 0.228 e. The van der Waals surface area contributed by atoms with Gasteiger partial charge in [-0.2, -0.15) is 5.26 Å². The molecule has 0 bridgehead atoms. The van der Waals surface area contributed by atoms with Crippen molar-refractivity contribution in [2.45, 2.75) is 26.2 Å². The minimum absolute atomic E-state index is 0.0332. The second kappa shape index (κ2) is 4.97. The molecule has 1 aliphatic rings. The third kappa shape index (κ3) is 2.24. The summed E-state index contributed by atoms with van der Waals surface area (Å²) in [6.45, 7) is 3.85. The average Bonchev–Trinajstić information content (AvgIpc) is 2.64. The molecule has 0 aromatic heterocycles. The van der Waals surface area contributed by atoms with Crippen LogP contribution in [0, 0.1) is 16.7 Å². The van der Waals surface area contributed by atoms with Gasteiger partial charge in [0, 0.05) is 6.54 Å². The van der Waals surface area contributed by atoms with Crippen molar-refractivity contribution in [2.24, 2.45) is 5.41 Å². The molecule has 4 heteroatoms. The molecule has 1 fully saturated rings. The normalized spacial score (nSPS) is 25.7. The Kier molecular flexibility index (Phi) is 3.90. The predicted molar refractivity (Wildman–Crippen MR) is 53.5 cm³/mol. The Bertz CT molecular complexity index is 238. The number of nitrogens with one attached hydrogen (secondary N) is 2. The third-order valence-electron chi connectivity index (χ3n) is 2.78. The van der Waals surface area contributed by atoms with Gasteiger partial charge in [-0.1, -0.05) is 13.3 Å². The van der Waals surface area contributed by atoms with E-state index in [-0.39, 0.29) is 17.9 Å². The summed E-state index contributed by atoms with van der Waals surface area (Å²) in [6, 6.07) is 1.93. The Balaban J connectivity index is 2.58. The van der Waals surface area contributed by atoms with Crippen LogP contribution in [0.2, 0.25) is 0 Å². The fraction of sp³-hybridized carbons (Fsp3) is 0.800. The number of nitrogens with zero attached hydrogens (tertiary/aromatic N) is 1. The highest BCUT2D eigenvalue weighted by atomic mass is 16.2. The molecule has 0 radical (unpaired) electrons. The number of carbonyl (C=O) groups is 1. The van der Waals surface area contributed by atoms with Gasteiger partial charge in [0.1, 0.15) is 6.54 Å². The Morgan fingerprint density at radius 1 is 1.71 bits per heavy atom. The standard InChI is InChI=1S/C10H17N3O/c1-2-3-10(4-6-12-8-10)9(14)13-7-5-11/h12H,2-4,6-8H2,1H3,(H,13,14). The van der Waals surface area contributed by atoms with Crippen molar-refractivity contribution in [3.63, 3.8) is 0 Å². The number of hydrogen-bond acceptors (Lipinski definition) is 3. The number of amides is 1. The SMILES string of the molecule is CCCC1(C(=O)NCC#N)CCNC1. The molecule has 4 nitrogen and oxygen atoms in total. The first-order valence-corrected chi connectivity index (χ1v) is 5.11. The highest BCUT2D eigenvalue weighted by molar-refractivity contribution is 5.83. The van der Waals surface area contributed by atoms with Crippen LogP contribution in [-0.4, -0.2) is 25.5 Å². The van der Waals surface area contributed by atoms with Crippen molar-refractivity contribution in [3.05, 3.63) is 0 Å². The molecule has 1 rings (SSSR count). The maximum Gasteiger partial charge on any atom is 0.228 e. The first kappa shape index (κ1) is 11.0. The highest BCUT2D eigenvalue weighted by Crippen LogP contribution is 2.31. The van der Waals surface area contributed by atoms with Crippen LogP contribution in [-0.2, 0) is 4.79 Å². The zero-order chi connectivity index (χ0) is 10.4. The minimum atomic E-state index is -0.258. The first-order valence-electron chi connectivity index (χ1n) is 5.11. The average molecular weight is 195 g/mol. The van der Waals surface area contributed by atoms with E-state index in [9.17, 15) is 4.79 Å². The van der Waals surface area contributed by atoms with Crippen molar-refractivity contribution in [2.75, 3.05) is 19.6 Å². The molecular formula is C10H17N3O. The van der Waals surface area contributed by atoms with Crippen LogP contribution in [0.5, 0.6) is 0 Å². The molecule has 0 saturated carbocycles. The summed E-state index contributed by atoms with van der Waals surface area (Å²) in [5.74, 6) is 0.0332. The second-order valence-corrected chi connectivity index (χ2v) is 3.80. The largest absolute Gasteiger partial charge is 0.342 e. The van der Waals surface area contributed by atoms with Gasteiger partial charge >= 0.3 is 0 Å². The number of rotatable bonds is 4. The van der Waals surface area contributed by atoms with E-state index < -0.39 is 0 Å². The lowest BCUT2D eigenvalue weighted by molar-refractivity contribution is -0.130. The van der Waals surface area contributed by atoms with Gasteiger partial charge in [0.15, 0.2) is 0 Å². The van der Waals surface area contributed by atoms with Gasteiger partial charge in [0.05, 0.1) is 11.5 Å². The van der Waals surface area contributed by atoms with Gasteiger partial charge in [-0.05, 0) is 19.4 Å². The maximum atomic E-state index is 11.8. The van der Waals surface area contributed by atoms with Crippen LogP contribution in [0.3, 0.4) is 0 Å². The lowest BCUT2D eigenvalue weighted by atomic mass is 9.81. The first-order chi connectivity index (χ1) is 6.75. The van der Waals surface area contributed by atoms with Crippen LogP contribution in [0.25, 0.3) is 0 Å². The van der Waals surface area contributed by atoms with E-state index in [1.807, 2.05) is 6.07 Å². The highest BCUT2D eigenvalue weighted by Gasteiger charge is 2.39. The van der Waals surface area contributed by atoms with E-state index in [4.69, 9.17) is 5.26 Å². The summed E-state index contributed by atoms with van der Waals surface area (Å²) in [4.78, 5) is 11.8. The topological polar surface area (TPSA) is 64.9 Å². The minimum Gasteiger partial charge on any atom is -0.342 e. The number of hydrogen-bond donors (Lipinski definition) is 2. The van der Waals surface area contributed by atoms with Gasteiger partial charge < -0.3 is 10.6 Å². The van der Waals surface area contributed by atoms with Gasteiger partial charge in [0.25, 0.3) is 0 Å². The van der Waals surface area contributed by atoms with Crippen LogP contribution >= 0.6 is 0 Å². The summed E-state index contributed by atoms with van der Waals surface area (Å²) in [5.41, 5.74) is -0.258. The second-order valence-electron chi connectivity index (χ2n) is 3.80. The molecule has 1 aliphatic heterocycles. The fourth-order valence-corrected chi connectivity index (χ4v) is 2.05. The molecule has 0 aromatic carbocycles. The summed E-state index contributed by atoms with van der Waals surface area (Å²) >= 11 is 0. The molecule has 0 aliphatic carbocycles. The van der Waals surface area contributed by atoms with E-state index in [2.05, 4.69) is 17.6 Å². The van der Waals surface area contributed by atoms with Gasteiger partial charge in [-0.15, -0.1) is 0 Å². The summed E-state index contributed by atoms with van der Waals surface area (Å²) in [6.07, 6.45) is 2.79. The molecule has 2 N–H and O–H groups in total. The summed E-state index contributed by atoms with van der Waals surface area (Å²) in [5, 5.41) is 14.3. The summed E-state index contributed by atoms with van der Waals surface area (Å²) < 4.78 is 0. The fourth-order valence-electron chi connectivity index (χ4n) is 2.05. The molecule has 1 amide bonds. The molecule has 14 heavy (non-hydrogen) atoms. The van der Waals surface area contributed by atoms with E-state index in [1.165, 1.54) is 0 Å². The maximum absolute atomic E-state index is 11.8. The molecule has 1 atom stereocenters. The van der Waals surface area contributed by atoms with E-state index in [0.29, 0.717) is 0 Å². The van der Waals surface area contributed by atoms with Crippen molar-refractivity contribution < 1.29 is 4.79 Å². The summed E-state index contributed by atoms with van der Waals surface area (Å²) in [7, 11) is 0. The third-order valence-corrected chi connectivity index (χ3v) is 2.78. The lowest BCUT2D eigenvalue weighted by Crippen LogP contribution is -2.42. The monoisotopic (exact) mass is 195 g/mol. The molecule has 0 spiro atoms. The Morgan fingerprint density at radius 2 is 2.50 bits per heavy atom. The zero-order valence-corrected chi connectivity index (χ0v) is 8.60. The molecule has 1 heterocycles. The Morgan fingerprint density at radius 3 is 3.00 bits per heavy atom. The quantitative estimate of drug-likeness (QED) is 0.638. The molecular weight excluding hydrogens is 178 g/mol. The van der Waals surface area contributed by atoms with Gasteiger partial charge in [-0.3, -0.25) is 4.79 Å². The van der Waals surface area contributed by atoms with E-state index in [0.717, 1.165) is 32.4 Å². The Labute approximate surface area is 84.7 Å². The van der Waals surface area contributed by atoms with Crippen LogP contribution < -0.4 is 10.6 Å². The number of nitriles is 1. The Hall–Kier alpha value is -1.08. The zero-order valence-electron chi connectivity index (χ0n) is 8.60. The molecule has 0 aromatic rings. The van der Waals surface area contributed by atoms with Crippen molar-refractivity contribution in [3.8, 4) is 6.07 Å². The molecule has 1 unspecified atom stereocenters. The molecule has 78 valence electrons. The molecule has 1 saturated heterocycles.